The van der Waals surface area contributed by atoms with Crippen molar-refractivity contribution < 1.29 is 13.2 Å². The second-order valence-corrected chi connectivity index (χ2v) is 8.21. The lowest BCUT2D eigenvalue weighted by molar-refractivity contribution is -0.130. The summed E-state index contributed by atoms with van der Waals surface area (Å²) in [5.74, 6) is -0.262. The minimum Gasteiger partial charge on any atom is -0.340 e. The van der Waals surface area contributed by atoms with Crippen molar-refractivity contribution in [2.45, 2.75) is 37.9 Å². The van der Waals surface area contributed by atoms with E-state index in [0.717, 1.165) is 58.1 Å². The molecule has 1 aliphatic rings. The Balaban J connectivity index is 2.43. The zero-order valence-electron chi connectivity index (χ0n) is 13.3. The number of nitrogens with two attached hydrogens (primary N) is 1. The number of hydrogen-bond donors (Lipinski definition) is 1. The summed E-state index contributed by atoms with van der Waals surface area (Å²) in [7, 11) is -3.31. The topological polar surface area (TPSA) is 83.7 Å². The van der Waals surface area contributed by atoms with Gasteiger partial charge in [0.15, 0.2) is 9.84 Å². The number of carbonyl (C=O) groups excluding carboxylic acids is 1. The van der Waals surface area contributed by atoms with Gasteiger partial charge in [0.05, 0.1) is 0 Å². The fraction of sp³-hybridized carbons (Fsp3) is 0.929. The molecule has 0 radical (unpaired) electrons. The maximum Gasteiger partial charge on any atom is 0.240 e. The quantitative estimate of drug-likeness (QED) is 0.672. The number of sulfone groups is 1. The van der Waals surface area contributed by atoms with E-state index in [4.69, 9.17) is 5.73 Å². The van der Waals surface area contributed by atoms with E-state index in [9.17, 15) is 13.2 Å². The molecule has 1 saturated heterocycles. The number of amides is 1. The highest BCUT2D eigenvalue weighted by atomic mass is 32.2. The first-order valence-corrected chi connectivity index (χ1v) is 9.71. The predicted octanol–water partition coefficient (Wildman–Crippen LogP) is 0.0828. The molecule has 0 aromatic heterocycles. The van der Waals surface area contributed by atoms with Crippen LogP contribution >= 0.6 is 0 Å². The second-order valence-electron chi connectivity index (χ2n) is 5.84. The summed E-state index contributed by atoms with van der Waals surface area (Å²) in [6, 6.07) is 0. The van der Waals surface area contributed by atoms with Gasteiger partial charge in [0.2, 0.25) is 5.91 Å². The number of carbonyl (C=O) groups is 1. The first-order chi connectivity index (χ1) is 9.86. The van der Waals surface area contributed by atoms with Crippen LogP contribution in [0.2, 0.25) is 0 Å². The minimum atomic E-state index is -3.31. The van der Waals surface area contributed by atoms with Gasteiger partial charge in [0.25, 0.3) is 0 Å². The van der Waals surface area contributed by atoms with Gasteiger partial charge in [0, 0.05) is 25.9 Å². The van der Waals surface area contributed by atoms with Gasteiger partial charge in [-0.15, -0.1) is 0 Å². The van der Waals surface area contributed by atoms with Gasteiger partial charge in [0.1, 0.15) is 5.25 Å². The van der Waals surface area contributed by atoms with Gasteiger partial charge in [-0.25, -0.2) is 8.42 Å². The average molecular weight is 319 g/mol. The highest BCUT2D eigenvalue weighted by molar-refractivity contribution is 7.92. The van der Waals surface area contributed by atoms with Gasteiger partial charge >= 0.3 is 0 Å². The molecule has 1 fully saturated rings. The third kappa shape index (κ3) is 6.32. The Bertz CT molecular complexity index is 425. The van der Waals surface area contributed by atoms with Gasteiger partial charge in [-0.1, -0.05) is 6.42 Å². The Hall–Kier alpha value is -0.660. The Morgan fingerprint density at radius 2 is 1.86 bits per heavy atom. The zero-order valence-corrected chi connectivity index (χ0v) is 14.1. The van der Waals surface area contributed by atoms with Crippen LogP contribution in [-0.2, 0) is 14.6 Å². The molecule has 1 aliphatic heterocycles. The molecular weight excluding hydrogens is 290 g/mol. The molecule has 6 nitrogen and oxygen atoms in total. The third-order valence-electron chi connectivity index (χ3n) is 4.07. The van der Waals surface area contributed by atoms with Crippen LogP contribution in [-0.4, -0.2) is 74.9 Å². The Kier molecular flexibility index (Phi) is 7.62. The molecule has 1 heterocycles. The molecule has 7 heteroatoms. The molecule has 1 rings (SSSR count). The molecule has 21 heavy (non-hydrogen) atoms. The molecule has 0 aromatic rings. The van der Waals surface area contributed by atoms with Crippen LogP contribution in [0.5, 0.6) is 0 Å². The Morgan fingerprint density at radius 3 is 2.48 bits per heavy atom. The minimum absolute atomic E-state index is 0.262. The van der Waals surface area contributed by atoms with Crippen LogP contribution in [0.4, 0.5) is 0 Å². The lowest BCUT2D eigenvalue weighted by atomic mass is 10.2. The van der Waals surface area contributed by atoms with E-state index in [1.165, 1.54) is 6.92 Å². The van der Waals surface area contributed by atoms with E-state index in [0.29, 0.717) is 13.1 Å². The van der Waals surface area contributed by atoms with Crippen molar-refractivity contribution in [3.63, 3.8) is 0 Å². The van der Waals surface area contributed by atoms with E-state index in [1.807, 2.05) is 0 Å². The monoisotopic (exact) mass is 319 g/mol. The Morgan fingerprint density at radius 1 is 1.14 bits per heavy atom. The fourth-order valence-corrected chi connectivity index (χ4v) is 3.03. The van der Waals surface area contributed by atoms with Crippen LogP contribution in [0.3, 0.4) is 0 Å². The van der Waals surface area contributed by atoms with Crippen molar-refractivity contribution in [3.8, 4) is 0 Å². The van der Waals surface area contributed by atoms with Crippen molar-refractivity contribution in [3.05, 3.63) is 0 Å². The summed E-state index contributed by atoms with van der Waals surface area (Å²) >= 11 is 0. The molecule has 1 atom stereocenters. The van der Waals surface area contributed by atoms with Gasteiger partial charge in [-0.05, 0) is 45.8 Å². The number of hydrogen-bond acceptors (Lipinski definition) is 5. The zero-order chi connectivity index (χ0) is 15.9. The first kappa shape index (κ1) is 18.4. The molecule has 2 N–H and O–H groups in total. The van der Waals surface area contributed by atoms with E-state index in [2.05, 4.69) is 4.90 Å². The number of unbranched alkanes of at least 4 members (excludes halogenated alkanes) is 2. The predicted molar refractivity (Wildman–Crippen MR) is 84.8 cm³/mol. The van der Waals surface area contributed by atoms with Crippen LogP contribution < -0.4 is 5.73 Å². The van der Waals surface area contributed by atoms with E-state index >= 15 is 0 Å². The lowest BCUT2D eigenvalue weighted by Gasteiger charge is -2.24. The van der Waals surface area contributed by atoms with Crippen LogP contribution in [0.1, 0.15) is 32.6 Å². The number of nitrogens with zero attached hydrogens (tertiary/aromatic N) is 2. The molecule has 124 valence electrons. The smallest absolute Gasteiger partial charge is 0.240 e. The standard InChI is InChI=1S/C14H29N3O3S/c1-13(21(2,19)20)14(18)17-10-6-9-16(11-12-17)8-5-3-4-7-15/h13H,3-12,15H2,1-2H3. The molecule has 1 amide bonds. The van der Waals surface area contributed by atoms with Crippen molar-refractivity contribution in [2.24, 2.45) is 5.73 Å². The maximum atomic E-state index is 12.2. The van der Waals surface area contributed by atoms with Crippen molar-refractivity contribution >= 4 is 15.7 Å². The molecule has 1 unspecified atom stereocenters. The van der Waals surface area contributed by atoms with Crippen molar-refractivity contribution in [2.75, 3.05) is 45.5 Å². The number of rotatable bonds is 7. The Labute approximate surface area is 128 Å². The summed E-state index contributed by atoms with van der Waals surface area (Å²) < 4.78 is 23.0. The molecule has 0 aromatic carbocycles. The lowest BCUT2D eigenvalue weighted by Crippen LogP contribution is -2.43. The van der Waals surface area contributed by atoms with Crippen LogP contribution in [0.15, 0.2) is 0 Å². The van der Waals surface area contributed by atoms with E-state index in [-0.39, 0.29) is 5.91 Å². The van der Waals surface area contributed by atoms with Crippen LogP contribution in [0.25, 0.3) is 0 Å². The second kappa shape index (κ2) is 8.70. The average Bonchev–Trinajstić information content (AvgIpc) is 2.66. The van der Waals surface area contributed by atoms with Gasteiger partial charge in [-0.2, -0.15) is 0 Å². The van der Waals surface area contributed by atoms with Crippen molar-refractivity contribution in [1.29, 1.82) is 0 Å². The molecule has 0 aliphatic carbocycles. The molecule has 0 saturated carbocycles. The SMILES string of the molecule is CC(C(=O)N1CCCN(CCCCCN)CC1)S(C)(=O)=O. The summed E-state index contributed by atoms with van der Waals surface area (Å²) in [5.41, 5.74) is 5.48. The molecule has 0 spiro atoms. The highest BCUT2D eigenvalue weighted by Crippen LogP contribution is 2.10. The van der Waals surface area contributed by atoms with E-state index < -0.39 is 15.1 Å². The third-order valence-corrected chi connectivity index (χ3v) is 5.55. The largest absolute Gasteiger partial charge is 0.340 e. The summed E-state index contributed by atoms with van der Waals surface area (Å²) in [4.78, 5) is 16.3. The fourth-order valence-electron chi connectivity index (χ4n) is 2.51. The van der Waals surface area contributed by atoms with Crippen LogP contribution in [0, 0.1) is 0 Å². The molecular formula is C14H29N3O3S. The first-order valence-electron chi connectivity index (χ1n) is 7.76. The van der Waals surface area contributed by atoms with Gasteiger partial charge in [-0.3, -0.25) is 4.79 Å². The van der Waals surface area contributed by atoms with Crippen molar-refractivity contribution in [1.82, 2.24) is 9.80 Å². The van der Waals surface area contributed by atoms with E-state index in [1.54, 1.807) is 4.90 Å². The summed E-state index contributed by atoms with van der Waals surface area (Å²) in [6.45, 7) is 6.32. The normalized spacial score (nSPS) is 19.3. The summed E-state index contributed by atoms with van der Waals surface area (Å²) in [5, 5.41) is -0.936. The highest BCUT2D eigenvalue weighted by Gasteiger charge is 2.29. The summed E-state index contributed by atoms with van der Waals surface area (Å²) in [6.07, 6.45) is 5.35. The molecule has 0 bridgehead atoms. The maximum absolute atomic E-state index is 12.2. The van der Waals surface area contributed by atoms with Gasteiger partial charge < -0.3 is 15.5 Å².